The van der Waals surface area contributed by atoms with E-state index in [0.717, 1.165) is 73.0 Å². The molecule has 2 fully saturated rings. The number of aromatic nitrogens is 4. The van der Waals surface area contributed by atoms with Gasteiger partial charge in [0.2, 0.25) is 0 Å². The second-order valence-electron chi connectivity index (χ2n) is 11.9. The van der Waals surface area contributed by atoms with E-state index in [1.54, 1.807) is 0 Å². The Kier molecular flexibility index (Phi) is 8.58. The number of hydrogen-bond acceptors (Lipinski definition) is 4. The number of carboxylic acid groups (broad SMARTS) is 2. The van der Waals surface area contributed by atoms with Crippen LogP contribution in [0.3, 0.4) is 0 Å². The Morgan fingerprint density at radius 3 is 1.93 bits per heavy atom. The topological polar surface area (TPSA) is 129 Å². The van der Waals surface area contributed by atoms with E-state index in [2.05, 4.69) is 26.0 Å². The third-order valence-corrected chi connectivity index (χ3v) is 11.0. The Labute approximate surface area is 280 Å². The largest absolute Gasteiger partial charge is 2.00 e. The van der Waals surface area contributed by atoms with Gasteiger partial charge in [-0.15, -0.1) is 22.1 Å². The molecule has 0 amide bonds. The van der Waals surface area contributed by atoms with Crippen LogP contribution in [0.5, 0.6) is 0 Å². The molecule has 3 aromatic heterocycles. The molecule has 4 aliphatic rings. The molecule has 45 heavy (non-hydrogen) atoms. The number of rotatable bonds is 8. The number of hydrogen-bond donors (Lipinski definition) is 2. The van der Waals surface area contributed by atoms with E-state index >= 15 is 0 Å². The number of thiol groups is 2. The monoisotopic (exact) mass is 682 g/mol. The molecular formula is C34H34FeN4O4S2+2. The van der Waals surface area contributed by atoms with Crippen molar-refractivity contribution >= 4 is 79.8 Å². The van der Waals surface area contributed by atoms with Crippen LogP contribution >= 0.6 is 0 Å². The van der Waals surface area contributed by atoms with Crippen molar-refractivity contribution in [1.82, 2.24) is 19.9 Å². The normalized spacial score (nSPS) is 18.7. The predicted octanol–water partition coefficient (Wildman–Crippen LogP) is 5.00. The summed E-state index contributed by atoms with van der Waals surface area (Å²) < 4.78 is 0. The van der Waals surface area contributed by atoms with Gasteiger partial charge >= 0.3 is 29.0 Å². The van der Waals surface area contributed by atoms with E-state index in [0.29, 0.717) is 34.6 Å². The zero-order chi connectivity index (χ0) is 30.9. The van der Waals surface area contributed by atoms with Crippen LogP contribution in [0.4, 0.5) is 0 Å². The van der Waals surface area contributed by atoms with Crippen LogP contribution < -0.4 is 9.97 Å². The van der Waals surface area contributed by atoms with Crippen molar-refractivity contribution in [2.75, 3.05) is 11.5 Å². The van der Waals surface area contributed by atoms with Gasteiger partial charge < -0.3 is 20.2 Å². The average Bonchev–Trinajstić information content (AvgIpc) is 3.88. The second kappa shape index (κ2) is 12.2. The Morgan fingerprint density at radius 2 is 1.27 bits per heavy atom. The van der Waals surface area contributed by atoms with E-state index in [1.807, 2.05) is 26.0 Å². The quantitative estimate of drug-likeness (QED) is 0.147. The molecule has 2 saturated heterocycles. The number of aryl methyl sites for hydroxylation is 3. The van der Waals surface area contributed by atoms with Crippen LogP contribution in [0.1, 0.15) is 83.4 Å². The minimum atomic E-state index is -0.869. The fourth-order valence-corrected chi connectivity index (χ4v) is 8.00. The molecule has 7 rings (SSSR count). The zero-order valence-corrected chi connectivity index (χ0v) is 28.3. The van der Waals surface area contributed by atoms with Crippen molar-refractivity contribution in [3.05, 3.63) is 69.3 Å². The number of aliphatic carboxylic acids is 2. The summed E-state index contributed by atoms with van der Waals surface area (Å²) in [6.45, 7) is 8.27. The van der Waals surface area contributed by atoms with E-state index in [-0.39, 0.29) is 29.9 Å². The minimum Gasteiger partial charge on any atom is -0.657 e. The van der Waals surface area contributed by atoms with E-state index in [9.17, 15) is 19.8 Å². The summed E-state index contributed by atoms with van der Waals surface area (Å²) in [6.07, 6.45) is 0.631. The number of nitrogens with zero attached hydrogens (tertiary/aromatic N) is 4. The molecule has 8 bridgehead atoms. The third-order valence-electron chi connectivity index (χ3n) is 9.05. The van der Waals surface area contributed by atoms with Crippen LogP contribution in [-0.2, 0) is 56.6 Å². The molecule has 232 valence electrons. The van der Waals surface area contributed by atoms with Gasteiger partial charge in [-0.3, -0.25) is 9.59 Å². The van der Waals surface area contributed by atoms with Crippen LogP contribution in [0.2, 0.25) is 0 Å². The first kappa shape index (κ1) is 31.7. The van der Waals surface area contributed by atoms with E-state index in [4.69, 9.17) is 19.9 Å². The van der Waals surface area contributed by atoms with Gasteiger partial charge in [-0.05, 0) is 86.3 Å². The van der Waals surface area contributed by atoms with Crippen molar-refractivity contribution < 1.29 is 36.9 Å². The first-order chi connectivity index (χ1) is 21.1. The molecule has 4 aliphatic heterocycles. The van der Waals surface area contributed by atoms with Crippen LogP contribution in [0, 0.1) is 13.8 Å². The molecular weight excluding hydrogens is 648 g/mol. The molecule has 8 nitrogen and oxygen atoms in total. The maximum atomic E-state index is 11.6. The van der Waals surface area contributed by atoms with Gasteiger partial charge in [0.05, 0.1) is 22.8 Å². The molecule has 0 spiro atoms. The van der Waals surface area contributed by atoms with Gasteiger partial charge in [-0.1, -0.05) is 41.0 Å². The summed E-state index contributed by atoms with van der Waals surface area (Å²) >= 11 is 2.81. The second-order valence-corrected chi connectivity index (χ2v) is 14.6. The van der Waals surface area contributed by atoms with E-state index < -0.39 is 11.9 Å². The van der Waals surface area contributed by atoms with Gasteiger partial charge in [0.1, 0.15) is 0 Å². The zero-order valence-electron chi connectivity index (χ0n) is 25.5. The van der Waals surface area contributed by atoms with Crippen molar-refractivity contribution in [3.63, 3.8) is 0 Å². The maximum absolute atomic E-state index is 11.6. The van der Waals surface area contributed by atoms with Gasteiger partial charge in [-0.25, -0.2) is 9.97 Å². The summed E-state index contributed by atoms with van der Waals surface area (Å²) in [5.41, 5.74) is 15.0. The molecule has 11 heteroatoms. The number of carboxylic acids is 2. The first-order valence-corrected chi connectivity index (χ1v) is 17.2. The molecule has 3 aromatic rings. The number of fused-ring (bicyclic) bond motifs is 8. The van der Waals surface area contributed by atoms with Crippen LogP contribution in [0.15, 0.2) is 24.3 Å². The molecule has 0 aromatic carbocycles. The Hall–Kier alpha value is -3.24. The fourth-order valence-electron chi connectivity index (χ4n) is 6.41. The first-order valence-electron chi connectivity index (χ1n) is 14.9. The maximum Gasteiger partial charge on any atom is 2.00 e. The summed E-state index contributed by atoms with van der Waals surface area (Å²) in [5, 5.41) is 19.9. The average molecular weight is 683 g/mol. The van der Waals surface area contributed by atoms with Gasteiger partial charge in [0, 0.05) is 18.4 Å². The fraction of sp³-hybridized carbons (Fsp3) is 0.353. The minimum absolute atomic E-state index is 0. The Balaban J connectivity index is 0.00000357. The van der Waals surface area contributed by atoms with Crippen LogP contribution in [-0.4, -0.2) is 48.9 Å². The van der Waals surface area contributed by atoms with Gasteiger partial charge in [-0.2, -0.15) is 0 Å². The summed E-state index contributed by atoms with van der Waals surface area (Å²) in [5.74, 6) is 0.510. The summed E-state index contributed by atoms with van der Waals surface area (Å²) in [7, 11) is 0. The molecule has 0 radical (unpaired) electrons. The summed E-state index contributed by atoms with van der Waals surface area (Å²) in [4.78, 5) is 43.5. The molecule has 2 atom stereocenters. The Morgan fingerprint density at radius 1 is 0.733 bits per heavy atom. The van der Waals surface area contributed by atoms with Gasteiger partial charge in [0.25, 0.3) is 0 Å². The SMILES string of the molecule is CC1=C(CCC(=O)O)c2cc3[n-]c(cc4nc(cc5[n-]c(cc1n2)c(C)c5[C@@H]1C[SH+]1)C(C)=C4[C@@H]1C[SH+]1)c(C)c3CCC(=O)O.[Fe+2]. The smallest absolute Gasteiger partial charge is 0.657 e. The molecule has 2 N–H and O–H groups in total. The molecule has 0 aliphatic carbocycles. The van der Waals surface area contributed by atoms with Crippen molar-refractivity contribution in [2.45, 2.75) is 63.9 Å². The van der Waals surface area contributed by atoms with Gasteiger partial charge in [0.15, 0.2) is 22.0 Å². The number of carbonyl (C=O) groups is 2. The third kappa shape index (κ3) is 6.03. The number of allylic oxidation sites excluding steroid dienone is 3. The molecule has 0 unspecified atom stereocenters. The molecule has 7 heterocycles. The van der Waals surface area contributed by atoms with E-state index in [1.165, 1.54) is 40.2 Å². The van der Waals surface area contributed by atoms with Crippen molar-refractivity contribution in [3.8, 4) is 0 Å². The predicted molar refractivity (Wildman–Crippen MR) is 180 cm³/mol. The summed E-state index contributed by atoms with van der Waals surface area (Å²) in [6, 6.07) is 8.13. The standard InChI is InChI=1S/C34H34N4O4S2.Fe/c1-15-19(5-7-31(39)40)25-12-26-20(6-8-32(41)42)16(2)22(36-26)10-27-34(30-14-44-30)18(4)24(38-27)11-28-33(29-13-43-29)17(3)23(37-28)9-21(15)35-25;/h9-12,29-30H,5-8,13-14H2,1-4H3,(H4,35,36,37,38,39,40,41,42);/q;+2/t29-,30-;/m0./s1. The Bertz CT molecular complexity index is 2000. The molecule has 0 saturated carbocycles. The van der Waals surface area contributed by atoms with Crippen LogP contribution in [0.25, 0.3) is 44.4 Å². The van der Waals surface area contributed by atoms with Crippen molar-refractivity contribution in [2.24, 2.45) is 0 Å². The van der Waals surface area contributed by atoms with Crippen molar-refractivity contribution in [1.29, 1.82) is 0 Å².